The van der Waals surface area contributed by atoms with Crippen molar-refractivity contribution < 1.29 is 8.83 Å². The van der Waals surface area contributed by atoms with E-state index in [4.69, 9.17) is 8.83 Å². The summed E-state index contributed by atoms with van der Waals surface area (Å²) in [6, 6.07) is 10.1. The number of aromatic nitrogens is 3. The van der Waals surface area contributed by atoms with E-state index in [0.29, 0.717) is 22.8 Å². The molecule has 25 heavy (non-hydrogen) atoms. The van der Waals surface area contributed by atoms with Crippen LogP contribution in [0.4, 0.5) is 0 Å². The summed E-state index contributed by atoms with van der Waals surface area (Å²) in [6.45, 7) is 4.13. The second-order valence-corrected chi connectivity index (χ2v) is 7.48. The first-order valence-electron chi connectivity index (χ1n) is 7.71. The van der Waals surface area contributed by atoms with Gasteiger partial charge in [0, 0.05) is 11.3 Å². The van der Waals surface area contributed by atoms with Crippen LogP contribution in [0, 0.1) is 13.8 Å². The molecule has 0 radical (unpaired) electrons. The van der Waals surface area contributed by atoms with Crippen LogP contribution >= 0.6 is 23.1 Å². The third-order valence-corrected chi connectivity index (χ3v) is 5.36. The van der Waals surface area contributed by atoms with E-state index >= 15 is 0 Å². The van der Waals surface area contributed by atoms with Crippen LogP contribution < -0.4 is 0 Å². The standard InChI is InChI=1S/C18H15N3O2S2/c1-11-5-6-14(12(2)8-11)16-19-13(9-22-16)10-25-18-21-20-17(23-18)15-4-3-7-24-15/h3-9H,10H2,1-2H3. The maximum absolute atomic E-state index is 5.67. The topological polar surface area (TPSA) is 65.0 Å². The van der Waals surface area contributed by atoms with E-state index in [1.807, 2.05) is 23.6 Å². The van der Waals surface area contributed by atoms with Gasteiger partial charge >= 0.3 is 0 Å². The number of benzene rings is 1. The Bertz CT molecular complexity index is 990. The predicted octanol–water partition coefficient (Wildman–Crippen LogP) is 5.36. The van der Waals surface area contributed by atoms with Gasteiger partial charge in [0.15, 0.2) is 0 Å². The number of aryl methyl sites for hydroxylation is 2. The Balaban J connectivity index is 1.45. The molecule has 7 heteroatoms. The number of oxazole rings is 1. The first-order valence-corrected chi connectivity index (χ1v) is 9.58. The zero-order valence-electron chi connectivity index (χ0n) is 13.7. The molecule has 5 nitrogen and oxygen atoms in total. The maximum atomic E-state index is 5.67. The summed E-state index contributed by atoms with van der Waals surface area (Å²) in [5.41, 5.74) is 4.23. The average molecular weight is 369 g/mol. The lowest BCUT2D eigenvalue weighted by Crippen LogP contribution is -1.86. The van der Waals surface area contributed by atoms with Gasteiger partial charge in [-0.3, -0.25) is 0 Å². The monoisotopic (exact) mass is 369 g/mol. The molecule has 0 N–H and O–H groups in total. The second kappa shape index (κ2) is 6.85. The molecule has 0 atom stereocenters. The molecule has 0 fully saturated rings. The molecule has 0 aliphatic heterocycles. The average Bonchev–Trinajstić information content (AvgIpc) is 3.34. The van der Waals surface area contributed by atoms with Crippen LogP contribution in [0.3, 0.4) is 0 Å². The van der Waals surface area contributed by atoms with Crippen LogP contribution in [0.5, 0.6) is 0 Å². The van der Waals surface area contributed by atoms with Crippen molar-refractivity contribution in [3.05, 3.63) is 58.8 Å². The molecule has 4 aromatic rings. The minimum atomic E-state index is 0.527. The Hall–Kier alpha value is -2.38. The number of rotatable bonds is 5. The molecular weight excluding hydrogens is 354 g/mol. The van der Waals surface area contributed by atoms with Gasteiger partial charge in [0.05, 0.1) is 10.6 Å². The highest BCUT2D eigenvalue weighted by molar-refractivity contribution is 7.98. The minimum absolute atomic E-state index is 0.527. The first kappa shape index (κ1) is 16.1. The van der Waals surface area contributed by atoms with E-state index in [9.17, 15) is 0 Å². The molecule has 3 heterocycles. The summed E-state index contributed by atoms with van der Waals surface area (Å²) in [5.74, 6) is 1.80. The molecule has 1 aromatic carbocycles. The van der Waals surface area contributed by atoms with Gasteiger partial charge in [-0.25, -0.2) is 4.98 Å². The molecule has 0 amide bonds. The van der Waals surface area contributed by atoms with Crippen LogP contribution in [0.1, 0.15) is 16.8 Å². The lowest BCUT2D eigenvalue weighted by Gasteiger charge is -2.02. The number of hydrogen-bond acceptors (Lipinski definition) is 7. The van der Waals surface area contributed by atoms with Gasteiger partial charge in [0.25, 0.3) is 11.1 Å². The second-order valence-electron chi connectivity index (χ2n) is 5.60. The highest BCUT2D eigenvalue weighted by Crippen LogP contribution is 2.29. The number of nitrogens with zero attached hydrogens (tertiary/aromatic N) is 3. The van der Waals surface area contributed by atoms with E-state index in [-0.39, 0.29) is 0 Å². The molecule has 0 bridgehead atoms. The van der Waals surface area contributed by atoms with Gasteiger partial charge in [-0.2, -0.15) is 0 Å². The van der Waals surface area contributed by atoms with Gasteiger partial charge in [-0.1, -0.05) is 35.5 Å². The summed E-state index contributed by atoms with van der Waals surface area (Å²) in [7, 11) is 0. The Labute approximate surface area is 153 Å². The zero-order valence-corrected chi connectivity index (χ0v) is 15.4. The predicted molar refractivity (Wildman–Crippen MR) is 98.6 cm³/mol. The molecule has 126 valence electrons. The van der Waals surface area contributed by atoms with Crippen molar-refractivity contribution in [3.8, 4) is 22.2 Å². The van der Waals surface area contributed by atoms with Crippen molar-refractivity contribution in [2.45, 2.75) is 24.8 Å². The Morgan fingerprint density at radius 2 is 2.04 bits per heavy atom. The molecule has 0 saturated carbocycles. The fraction of sp³-hybridized carbons (Fsp3) is 0.167. The van der Waals surface area contributed by atoms with Gasteiger partial charge in [-0.15, -0.1) is 21.5 Å². The van der Waals surface area contributed by atoms with Crippen LogP contribution in [-0.4, -0.2) is 15.2 Å². The molecule has 0 saturated heterocycles. The third-order valence-electron chi connectivity index (χ3n) is 3.65. The molecule has 0 aliphatic rings. The molecule has 0 aliphatic carbocycles. The normalized spacial score (nSPS) is 11.1. The van der Waals surface area contributed by atoms with E-state index < -0.39 is 0 Å². The van der Waals surface area contributed by atoms with Crippen molar-refractivity contribution in [3.63, 3.8) is 0 Å². The molecular formula is C18H15N3O2S2. The SMILES string of the molecule is Cc1ccc(-c2nc(CSc3nnc(-c4cccs4)o3)co2)c(C)c1. The third kappa shape index (κ3) is 3.52. The zero-order chi connectivity index (χ0) is 17.2. The lowest BCUT2D eigenvalue weighted by atomic mass is 10.1. The molecule has 3 aromatic heterocycles. The van der Waals surface area contributed by atoms with Gasteiger partial charge < -0.3 is 8.83 Å². The van der Waals surface area contributed by atoms with Crippen molar-refractivity contribution in [2.75, 3.05) is 0 Å². The summed E-state index contributed by atoms with van der Waals surface area (Å²) in [4.78, 5) is 5.54. The first-order chi connectivity index (χ1) is 12.2. The van der Waals surface area contributed by atoms with E-state index in [1.54, 1.807) is 17.6 Å². The largest absolute Gasteiger partial charge is 0.444 e. The number of thioether (sulfide) groups is 1. The smallest absolute Gasteiger partial charge is 0.277 e. The van der Waals surface area contributed by atoms with Gasteiger partial charge in [0.2, 0.25) is 5.89 Å². The minimum Gasteiger partial charge on any atom is -0.444 e. The van der Waals surface area contributed by atoms with Crippen molar-refractivity contribution in [2.24, 2.45) is 0 Å². The van der Waals surface area contributed by atoms with Crippen molar-refractivity contribution >= 4 is 23.1 Å². The fourth-order valence-electron chi connectivity index (χ4n) is 2.45. The molecule has 0 spiro atoms. The lowest BCUT2D eigenvalue weighted by molar-refractivity contribution is 0.466. The van der Waals surface area contributed by atoms with Crippen LogP contribution in [0.15, 0.2) is 56.0 Å². The van der Waals surface area contributed by atoms with Gasteiger partial charge in [-0.05, 0) is 36.9 Å². The summed E-state index contributed by atoms with van der Waals surface area (Å²) in [6.07, 6.45) is 1.68. The van der Waals surface area contributed by atoms with Crippen molar-refractivity contribution in [1.29, 1.82) is 0 Å². The van der Waals surface area contributed by atoms with Gasteiger partial charge in [0.1, 0.15) is 6.26 Å². The number of hydrogen-bond donors (Lipinski definition) is 0. The van der Waals surface area contributed by atoms with E-state index in [2.05, 4.69) is 41.2 Å². The quantitative estimate of drug-likeness (QED) is 0.441. The van der Waals surface area contributed by atoms with Crippen LogP contribution in [-0.2, 0) is 5.75 Å². The highest BCUT2D eigenvalue weighted by atomic mass is 32.2. The molecule has 0 unspecified atom stereocenters. The van der Waals surface area contributed by atoms with Crippen molar-refractivity contribution in [1.82, 2.24) is 15.2 Å². The van der Waals surface area contributed by atoms with Crippen LogP contribution in [0.25, 0.3) is 22.2 Å². The summed E-state index contributed by atoms with van der Waals surface area (Å²) >= 11 is 3.02. The Morgan fingerprint density at radius 3 is 2.84 bits per heavy atom. The number of thiophene rings is 1. The van der Waals surface area contributed by atoms with E-state index in [1.165, 1.54) is 17.3 Å². The maximum Gasteiger partial charge on any atom is 0.277 e. The van der Waals surface area contributed by atoms with E-state index in [0.717, 1.165) is 21.7 Å². The molecule has 4 rings (SSSR count). The van der Waals surface area contributed by atoms with Crippen LogP contribution in [0.2, 0.25) is 0 Å². The summed E-state index contributed by atoms with van der Waals surface area (Å²) < 4.78 is 11.3. The summed E-state index contributed by atoms with van der Waals surface area (Å²) in [5, 5.41) is 10.7. The highest BCUT2D eigenvalue weighted by Gasteiger charge is 2.13. The Kier molecular flexibility index (Phi) is 4.42. The fourth-order valence-corrected chi connectivity index (χ4v) is 3.74. The Morgan fingerprint density at radius 1 is 1.12 bits per heavy atom.